The third kappa shape index (κ3) is 4.03. The quantitative estimate of drug-likeness (QED) is 0.537. The molecule has 1 N–H and O–H groups in total. The molecule has 3 aromatic rings. The minimum Gasteiger partial charge on any atom is -0.337 e. The van der Waals surface area contributed by atoms with Gasteiger partial charge in [-0.25, -0.2) is 9.18 Å². The van der Waals surface area contributed by atoms with E-state index in [4.69, 9.17) is 16.1 Å². The zero-order valence-electron chi connectivity index (χ0n) is 16.8. The van der Waals surface area contributed by atoms with E-state index in [1.807, 2.05) is 6.92 Å². The van der Waals surface area contributed by atoms with Gasteiger partial charge in [0.05, 0.1) is 0 Å². The van der Waals surface area contributed by atoms with Crippen molar-refractivity contribution >= 4 is 23.5 Å². The second kappa shape index (κ2) is 8.47. The smallest absolute Gasteiger partial charge is 0.325 e. The molecular weight excluding hydrogens is 423 g/mol. The average molecular weight is 443 g/mol. The van der Waals surface area contributed by atoms with Gasteiger partial charge in [-0.1, -0.05) is 60.8 Å². The molecule has 7 nitrogen and oxygen atoms in total. The Morgan fingerprint density at radius 3 is 2.68 bits per heavy atom. The third-order valence-corrected chi connectivity index (χ3v) is 5.50. The zero-order chi connectivity index (χ0) is 22.0. The number of hydrogen-bond acceptors (Lipinski definition) is 5. The summed E-state index contributed by atoms with van der Waals surface area (Å²) in [6.07, 6.45) is 1.93. The summed E-state index contributed by atoms with van der Waals surface area (Å²) in [4.78, 5) is 31.5. The van der Waals surface area contributed by atoms with E-state index in [9.17, 15) is 14.0 Å². The van der Waals surface area contributed by atoms with Crippen LogP contribution in [0.3, 0.4) is 0 Å². The highest BCUT2D eigenvalue weighted by atomic mass is 35.5. The molecule has 160 valence electrons. The van der Waals surface area contributed by atoms with E-state index < -0.39 is 23.3 Å². The Labute approximate surface area is 183 Å². The lowest BCUT2D eigenvalue weighted by Crippen LogP contribution is -2.44. The average Bonchev–Trinajstić information content (AvgIpc) is 3.32. The number of rotatable bonds is 7. The van der Waals surface area contributed by atoms with Crippen molar-refractivity contribution in [3.63, 3.8) is 0 Å². The van der Waals surface area contributed by atoms with Crippen molar-refractivity contribution in [1.29, 1.82) is 0 Å². The van der Waals surface area contributed by atoms with Crippen molar-refractivity contribution in [2.75, 3.05) is 0 Å². The number of urea groups is 1. The van der Waals surface area contributed by atoms with E-state index in [0.29, 0.717) is 34.8 Å². The minimum absolute atomic E-state index is 0.115. The van der Waals surface area contributed by atoms with Gasteiger partial charge in [-0.3, -0.25) is 9.69 Å². The van der Waals surface area contributed by atoms with Gasteiger partial charge >= 0.3 is 6.03 Å². The Bertz CT molecular complexity index is 1120. The van der Waals surface area contributed by atoms with Crippen LogP contribution in [0.4, 0.5) is 9.18 Å². The number of carbonyl (C=O) groups is 2. The maximum Gasteiger partial charge on any atom is 0.325 e. The van der Waals surface area contributed by atoms with Gasteiger partial charge in [-0.15, -0.1) is 0 Å². The summed E-state index contributed by atoms with van der Waals surface area (Å²) in [7, 11) is 0. The van der Waals surface area contributed by atoms with Gasteiger partial charge < -0.3 is 9.84 Å². The van der Waals surface area contributed by atoms with Gasteiger partial charge in [0, 0.05) is 10.6 Å². The van der Waals surface area contributed by atoms with Crippen LogP contribution in [-0.2, 0) is 16.9 Å². The molecule has 1 aliphatic rings. The molecule has 3 amide bonds. The van der Waals surface area contributed by atoms with Gasteiger partial charge in [0.2, 0.25) is 11.7 Å². The Morgan fingerprint density at radius 2 is 1.97 bits per heavy atom. The summed E-state index contributed by atoms with van der Waals surface area (Å²) in [5, 5.41) is 7.25. The number of aromatic nitrogens is 2. The molecule has 9 heteroatoms. The lowest BCUT2D eigenvalue weighted by atomic mass is 9.85. The van der Waals surface area contributed by atoms with Crippen molar-refractivity contribution in [3.8, 4) is 11.4 Å². The van der Waals surface area contributed by atoms with Crippen molar-refractivity contribution in [2.24, 2.45) is 0 Å². The number of hydrogen-bond donors (Lipinski definition) is 1. The molecule has 0 saturated carbocycles. The van der Waals surface area contributed by atoms with Crippen molar-refractivity contribution in [1.82, 2.24) is 20.4 Å². The van der Waals surface area contributed by atoms with Crippen LogP contribution in [-0.4, -0.2) is 27.0 Å². The molecule has 31 heavy (non-hydrogen) atoms. The molecule has 1 unspecified atom stereocenters. The largest absolute Gasteiger partial charge is 0.337 e. The van der Waals surface area contributed by atoms with Gasteiger partial charge in [-0.2, -0.15) is 4.98 Å². The topological polar surface area (TPSA) is 88.3 Å². The summed E-state index contributed by atoms with van der Waals surface area (Å²) >= 11 is 6.00. The van der Waals surface area contributed by atoms with Crippen LogP contribution >= 0.6 is 11.6 Å². The summed E-state index contributed by atoms with van der Waals surface area (Å²) in [6, 6.07) is 12.0. The predicted octanol–water partition coefficient (Wildman–Crippen LogP) is 4.67. The van der Waals surface area contributed by atoms with Crippen molar-refractivity contribution in [3.05, 3.63) is 70.8 Å². The number of nitrogens with zero attached hydrogens (tertiary/aromatic N) is 3. The molecule has 0 bridgehead atoms. The second-order valence-corrected chi connectivity index (χ2v) is 7.80. The standard InChI is InChI=1S/C22H20ClFN4O3/c1-2-3-11-22(15-7-9-17(24)10-8-15)20(29)28(21(30)26-22)13-18-25-19(27-31-18)14-5-4-6-16(23)12-14/h4-10,12H,2-3,11,13H2,1H3,(H,26,30). The Kier molecular flexibility index (Phi) is 5.73. The van der Waals surface area contributed by atoms with E-state index in [-0.39, 0.29) is 12.4 Å². The van der Waals surface area contributed by atoms with E-state index in [1.165, 1.54) is 24.3 Å². The van der Waals surface area contributed by atoms with Crippen LogP contribution in [0.1, 0.15) is 37.6 Å². The molecule has 2 heterocycles. The van der Waals surface area contributed by atoms with Crippen LogP contribution < -0.4 is 5.32 Å². The fourth-order valence-electron chi connectivity index (χ4n) is 3.65. The summed E-state index contributed by atoms with van der Waals surface area (Å²) in [6.45, 7) is 1.82. The molecule has 1 aliphatic heterocycles. The molecule has 1 atom stereocenters. The Balaban J connectivity index is 1.60. The van der Waals surface area contributed by atoms with Crippen LogP contribution in [0.5, 0.6) is 0 Å². The van der Waals surface area contributed by atoms with E-state index in [0.717, 1.165) is 11.3 Å². The molecule has 1 saturated heterocycles. The van der Waals surface area contributed by atoms with Gasteiger partial charge in [0.15, 0.2) is 0 Å². The second-order valence-electron chi connectivity index (χ2n) is 7.36. The zero-order valence-corrected chi connectivity index (χ0v) is 17.5. The summed E-state index contributed by atoms with van der Waals surface area (Å²) in [5.41, 5.74) is -0.0620. The first-order valence-electron chi connectivity index (χ1n) is 9.91. The maximum atomic E-state index is 13.4. The first-order valence-corrected chi connectivity index (χ1v) is 10.3. The van der Waals surface area contributed by atoms with Gasteiger partial charge in [-0.05, 0) is 36.2 Å². The number of imide groups is 1. The number of halogens is 2. The van der Waals surface area contributed by atoms with Crippen LogP contribution in [0.2, 0.25) is 5.02 Å². The van der Waals surface area contributed by atoms with Crippen molar-refractivity contribution in [2.45, 2.75) is 38.3 Å². The van der Waals surface area contributed by atoms with E-state index >= 15 is 0 Å². The third-order valence-electron chi connectivity index (χ3n) is 5.26. The van der Waals surface area contributed by atoms with Crippen LogP contribution in [0, 0.1) is 5.82 Å². The lowest BCUT2D eigenvalue weighted by molar-refractivity contribution is -0.132. The van der Waals surface area contributed by atoms with E-state index in [2.05, 4.69) is 15.5 Å². The SMILES string of the molecule is CCCCC1(c2ccc(F)cc2)NC(=O)N(Cc2nc(-c3cccc(Cl)c3)no2)C1=O. The molecule has 2 aromatic carbocycles. The molecule has 4 rings (SSSR count). The molecule has 0 aliphatic carbocycles. The molecule has 1 fully saturated rings. The molecule has 1 aromatic heterocycles. The summed E-state index contributed by atoms with van der Waals surface area (Å²) in [5.74, 6) is -0.424. The molecule has 0 radical (unpaired) electrons. The summed E-state index contributed by atoms with van der Waals surface area (Å²) < 4.78 is 18.7. The first kappa shape index (κ1) is 21.0. The highest BCUT2D eigenvalue weighted by Crippen LogP contribution is 2.35. The number of nitrogens with one attached hydrogen (secondary N) is 1. The molecular formula is C22H20ClFN4O3. The predicted molar refractivity (Wildman–Crippen MR) is 111 cm³/mol. The number of carbonyl (C=O) groups excluding carboxylic acids is 2. The normalized spacial score (nSPS) is 18.5. The number of amides is 3. The van der Waals surface area contributed by atoms with Crippen molar-refractivity contribution < 1.29 is 18.5 Å². The highest BCUT2D eigenvalue weighted by molar-refractivity contribution is 6.30. The van der Waals surface area contributed by atoms with Gasteiger partial charge in [0.1, 0.15) is 17.9 Å². The fourth-order valence-corrected chi connectivity index (χ4v) is 3.84. The molecule has 0 spiro atoms. The van der Waals surface area contributed by atoms with Gasteiger partial charge in [0.25, 0.3) is 5.91 Å². The Hall–Kier alpha value is -3.26. The number of unbranched alkanes of at least 4 members (excludes halogenated alkanes) is 1. The number of benzene rings is 2. The highest BCUT2D eigenvalue weighted by Gasteiger charge is 2.52. The Morgan fingerprint density at radius 1 is 1.19 bits per heavy atom. The minimum atomic E-state index is -1.25. The monoisotopic (exact) mass is 442 g/mol. The van der Waals surface area contributed by atoms with E-state index in [1.54, 1.807) is 24.3 Å². The fraction of sp³-hybridized carbons (Fsp3) is 0.273. The first-order chi connectivity index (χ1) is 14.9. The van der Waals surface area contributed by atoms with Crippen LogP contribution in [0.15, 0.2) is 53.1 Å². The lowest BCUT2D eigenvalue weighted by Gasteiger charge is -2.27. The van der Waals surface area contributed by atoms with Crippen LogP contribution in [0.25, 0.3) is 11.4 Å². The maximum absolute atomic E-state index is 13.4.